The van der Waals surface area contributed by atoms with Crippen LogP contribution in [0.25, 0.3) is 15.5 Å². The molecule has 8 heteroatoms. The molecule has 7 nitrogen and oxygen atoms in total. The van der Waals surface area contributed by atoms with Gasteiger partial charge < -0.3 is 15.2 Å². The standard InChI is InChI=1S/C21H23N5O2S/c1-3-4-13-28-18-11-7-15(8-12-18)19(27)22-17-9-5-16(6-10-17)20-25-26-14(2)23-24-21(26)29-20/h5-12,19,22,27H,3-4,13H2,1-2H3. The Bertz CT molecular complexity index is 1070. The fourth-order valence-corrected chi connectivity index (χ4v) is 3.75. The monoisotopic (exact) mass is 409 g/mol. The van der Waals surface area contributed by atoms with Crippen molar-refractivity contribution in [2.75, 3.05) is 11.9 Å². The second-order valence-corrected chi connectivity index (χ2v) is 7.70. The van der Waals surface area contributed by atoms with Gasteiger partial charge in [0.15, 0.2) is 12.1 Å². The Morgan fingerprint density at radius 2 is 1.86 bits per heavy atom. The Balaban J connectivity index is 1.40. The highest BCUT2D eigenvalue weighted by molar-refractivity contribution is 7.19. The SMILES string of the molecule is CCCCOc1ccc(C(O)Nc2ccc(-c3nn4c(C)nnc4s3)cc2)cc1. The zero-order valence-corrected chi connectivity index (χ0v) is 17.2. The van der Waals surface area contributed by atoms with Crippen molar-refractivity contribution in [1.29, 1.82) is 0 Å². The van der Waals surface area contributed by atoms with Gasteiger partial charge in [-0.1, -0.05) is 36.8 Å². The zero-order valence-electron chi connectivity index (χ0n) is 16.4. The van der Waals surface area contributed by atoms with Gasteiger partial charge in [0, 0.05) is 16.8 Å². The molecule has 2 aromatic heterocycles. The van der Waals surface area contributed by atoms with Crippen molar-refractivity contribution in [3.8, 4) is 16.3 Å². The molecule has 0 radical (unpaired) electrons. The number of anilines is 1. The summed E-state index contributed by atoms with van der Waals surface area (Å²) in [5.41, 5.74) is 2.60. The van der Waals surface area contributed by atoms with Gasteiger partial charge in [0.1, 0.15) is 10.8 Å². The number of hydrogen-bond donors (Lipinski definition) is 2. The van der Waals surface area contributed by atoms with Crippen LogP contribution in [0, 0.1) is 6.92 Å². The summed E-state index contributed by atoms with van der Waals surface area (Å²) < 4.78 is 7.40. The number of aliphatic hydroxyl groups excluding tert-OH is 1. The van der Waals surface area contributed by atoms with Gasteiger partial charge in [-0.15, -0.1) is 10.2 Å². The summed E-state index contributed by atoms with van der Waals surface area (Å²) >= 11 is 1.49. The van der Waals surface area contributed by atoms with Crippen molar-refractivity contribution in [2.24, 2.45) is 0 Å². The Kier molecular flexibility index (Phi) is 5.73. The molecule has 1 unspecified atom stereocenters. The molecule has 2 aromatic carbocycles. The minimum Gasteiger partial charge on any atom is -0.494 e. The van der Waals surface area contributed by atoms with Gasteiger partial charge >= 0.3 is 0 Å². The van der Waals surface area contributed by atoms with Crippen molar-refractivity contribution in [3.05, 3.63) is 59.9 Å². The molecule has 2 N–H and O–H groups in total. The maximum Gasteiger partial charge on any atom is 0.234 e. The van der Waals surface area contributed by atoms with E-state index in [1.807, 2.05) is 55.5 Å². The Hall–Kier alpha value is -2.97. The number of rotatable bonds is 8. The van der Waals surface area contributed by atoms with Crippen LogP contribution in [0.15, 0.2) is 48.5 Å². The molecule has 0 fully saturated rings. The van der Waals surface area contributed by atoms with E-state index in [-0.39, 0.29) is 0 Å². The van der Waals surface area contributed by atoms with E-state index in [9.17, 15) is 5.11 Å². The highest BCUT2D eigenvalue weighted by Crippen LogP contribution is 2.27. The van der Waals surface area contributed by atoms with Crippen LogP contribution in [0.5, 0.6) is 5.75 Å². The number of nitrogens with one attached hydrogen (secondary N) is 1. The highest BCUT2D eigenvalue weighted by Gasteiger charge is 2.11. The third kappa shape index (κ3) is 4.38. The minimum atomic E-state index is -0.803. The predicted octanol–water partition coefficient (Wildman–Crippen LogP) is 4.44. The van der Waals surface area contributed by atoms with Crippen LogP contribution in [0.2, 0.25) is 0 Å². The number of aromatic nitrogens is 4. The van der Waals surface area contributed by atoms with Crippen molar-refractivity contribution >= 4 is 22.0 Å². The van der Waals surface area contributed by atoms with E-state index in [1.165, 1.54) is 11.3 Å². The Morgan fingerprint density at radius 1 is 1.10 bits per heavy atom. The summed E-state index contributed by atoms with van der Waals surface area (Å²) in [7, 11) is 0. The summed E-state index contributed by atoms with van der Waals surface area (Å²) in [6.07, 6.45) is 1.33. The third-order valence-corrected chi connectivity index (χ3v) is 5.49. The molecule has 2 heterocycles. The molecule has 150 valence electrons. The van der Waals surface area contributed by atoms with Crippen LogP contribution in [-0.4, -0.2) is 31.5 Å². The average Bonchev–Trinajstić information content (AvgIpc) is 3.31. The van der Waals surface area contributed by atoms with Crippen LogP contribution in [0.3, 0.4) is 0 Å². The molecule has 0 spiro atoms. The van der Waals surface area contributed by atoms with E-state index in [0.717, 1.165) is 51.2 Å². The van der Waals surface area contributed by atoms with Gasteiger partial charge in [-0.3, -0.25) is 0 Å². The van der Waals surface area contributed by atoms with Gasteiger partial charge in [0.05, 0.1) is 6.61 Å². The quantitative estimate of drug-likeness (QED) is 0.331. The second-order valence-electron chi connectivity index (χ2n) is 6.74. The fraction of sp³-hybridized carbons (Fsp3) is 0.286. The van der Waals surface area contributed by atoms with Gasteiger partial charge in [-0.25, -0.2) is 0 Å². The number of fused-ring (bicyclic) bond motifs is 1. The van der Waals surface area contributed by atoms with Gasteiger partial charge in [-0.2, -0.15) is 9.61 Å². The molecule has 0 aliphatic heterocycles. The van der Waals surface area contributed by atoms with E-state index >= 15 is 0 Å². The van der Waals surface area contributed by atoms with Crippen molar-refractivity contribution in [3.63, 3.8) is 0 Å². The summed E-state index contributed by atoms with van der Waals surface area (Å²) in [6, 6.07) is 15.3. The lowest BCUT2D eigenvalue weighted by Crippen LogP contribution is -2.09. The van der Waals surface area contributed by atoms with Crippen LogP contribution < -0.4 is 10.1 Å². The normalized spacial score (nSPS) is 12.2. The summed E-state index contributed by atoms with van der Waals surface area (Å²) in [4.78, 5) is 0.775. The number of unbranched alkanes of at least 4 members (excludes halogenated alkanes) is 1. The Morgan fingerprint density at radius 3 is 2.55 bits per heavy atom. The van der Waals surface area contributed by atoms with Crippen LogP contribution in [0.4, 0.5) is 5.69 Å². The lowest BCUT2D eigenvalue weighted by molar-refractivity contribution is 0.208. The second kappa shape index (κ2) is 8.59. The van der Waals surface area contributed by atoms with Crippen molar-refractivity contribution in [1.82, 2.24) is 19.8 Å². The van der Waals surface area contributed by atoms with Crippen molar-refractivity contribution in [2.45, 2.75) is 32.9 Å². The maximum atomic E-state index is 10.5. The zero-order chi connectivity index (χ0) is 20.2. The molecule has 0 amide bonds. The number of aryl methyl sites for hydroxylation is 1. The fourth-order valence-electron chi connectivity index (χ4n) is 2.86. The van der Waals surface area contributed by atoms with E-state index in [4.69, 9.17) is 4.74 Å². The number of hydrogen-bond acceptors (Lipinski definition) is 7. The molecule has 4 aromatic rings. The first-order chi connectivity index (χ1) is 14.1. The molecule has 0 aliphatic rings. The van der Waals surface area contributed by atoms with Crippen molar-refractivity contribution < 1.29 is 9.84 Å². The minimum absolute atomic E-state index is 0.712. The molecule has 0 bridgehead atoms. The molecule has 0 saturated carbocycles. The number of benzene rings is 2. The van der Waals surface area contributed by atoms with E-state index < -0.39 is 6.23 Å². The summed E-state index contributed by atoms with van der Waals surface area (Å²) in [6.45, 7) is 4.72. The summed E-state index contributed by atoms with van der Waals surface area (Å²) in [5, 5.41) is 27.1. The molecule has 0 aliphatic carbocycles. The largest absolute Gasteiger partial charge is 0.494 e. The number of ether oxygens (including phenoxy) is 1. The van der Waals surface area contributed by atoms with Gasteiger partial charge in [0.25, 0.3) is 0 Å². The predicted molar refractivity (Wildman–Crippen MR) is 114 cm³/mol. The first-order valence-corrected chi connectivity index (χ1v) is 10.4. The third-order valence-electron chi connectivity index (χ3n) is 4.54. The molecular formula is C21H23N5O2S. The highest BCUT2D eigenvalue weighted by atomic mass is 32.1. The lowest BCUT2D eigenvalue weighted by Gasteiger charge is -2.15. The first kappa shape index (κ1) is 19.4. The van der Waals surface area contributed by atoms with E-state index in [0.29, 0.717) is 6.61 Å². The van der Waals surface area contributed by atoms with E-state index in [2.05, 4.69) is 27.5 Å². The van der Waals surface area contributed by atoms with Crippen LogP contribution >= 0.6 is 11.3 Å². The molecule has 1 atom stereocenters. The smallest absolute Gasteiger partial charge is 0.234 e. The Labute approximate surface area is 173 Å². The van der Waals surface area contributed by atoms with Gasteiger partial charge in [0.2, 0.25) is 4.96 Å². The molecular weight excluding hydrogens is 386 g/mol. The molecule has 0 saturated heterocycles. The first-order valence-electron chi connectivity index (χ1n) is 9.60. The summed E-state index contributed by atoms with van der Waals surface area (Å²) in [5.74, 6) is 1.59. The topological polar surface area (TPSA) is 84.6 Å². The average molecular weight is 410 g/mol. The van der Waals surface area contributed by atoms with Crippen LogP contribution in [0.1, 0.15) is 37.4 Å². The number of aliphatic hydroxyl groups is 1. The van der Waals surface area contributed by atoms with E-state index in [1.54, 1.807) is 4.52 Å². The molecule has 4 rings (SSSR count). The molecule has 29 heavy (non-hydrogen) atoms. The number of nitrogens with zero attached hydrogens (tertiary/aromatic N) is 4. The van der Waals surface area contributed by atoms with Crippen LogP contribution in [-0.2, 0) is 0 Å². The maximum absolute atomic E-state index is 10.5. The van der Waals surface area contributed by atoms with Gasteiger partial charge in [-0.05, 0) is 49.7 Å². The lowest BCUT2D eigenvalue weighted by atomic mass is 10.1.